The number of benzene rings is 1. The van der Waals surface area contributed by atoms with E-state index in [2.05, 4.69) is 0 Å². The van der Waals surface area contributed by atoms with Gasteiger partial charge in [0, 0.05) is 0 Å². The number of amidine groups is 1. The molecule has 2 N–H and O–H groups in total. The summed E-state index contributed by atoms with van der Waals surface area (Å²) in [6.07, 6.45) is 0. The van der Waals surface area contributed by atoms with Crippen LogP contribution in [0.5, 0.6) is 0 Å². The minimum absolute atomic E-state index is 0. The zero-order valence-electron chi connectivity index (χ0n) is 7.89. The van der Waals surface area contributed by atoms with Gasteiger partial charge in [-0.25, -0.2) is 0 Å². The van der Waals surface area contributed by atoms with Crippen LogP contribution in [0.4, 0.5) is 0 Å². The Morgan fingerprint density at radius 2 is 1.79 bits per heavy atom. The van der Waals surface area contributed by atoms with E-state index in [1.807, 2.05) is 24.7 Å². The fraction of sp³-hybridized carbons (Fsp3) is 0.222. The first-order valence-electron chi connectivity index (χ1n) is 3.77. The Kier molecular flexibility index (Phi) is 5.49. The van der Waals surface area contributed by atoms with Gasteiger partial charge < -0.3 is 17.0 Å². The van der Waals surface area contributed by atoms with Gasteiger partial charge in [0.1, 0.15) is 0 Å². The number of hydrogen-bond acceptors (Lipinski definition) is 0. The smallest absolute Gasteiger partial charge is 0.274 e. The molecule has 0 atom stereocenters. The molecular formula is C9H11BrCl2N2. The van der Waals surface area contributed by atoms with Gasteiger partial charge in [0.05, 0.1) is 29.7 Å². The largest absolute Gasteiger partial charge is 1.00 e. The fourth-order valence-electron chi connectivity index (χ4n) is 0.914. The van der Waals surface area contributed by atoms with Crippen LogP contribution in [0.2, 0.25) is 10.0 Å². The van der Waals surface area contributed by atoms with E-state index >= 15 is 0 Å². The van der Waals surface area contributed by atoms with E-state index in [-0.39, 0.29) is 17.0 Å². The fourth-order valence-corrected chi connectivity index (χ4v) is 1.21. The molecule has 0 unspecified atom stereocenters. The van der Waals surface area contributed by atoms with E-state index in [9.17, 15) is 0 Å². The Balaban J connectivity index is 0.00000169. The minimum Gasteiger partial charge on any atom is -1.00 e. The molecular weight excluding hydrogens is 287 g/mol. The summed E-state index contributed by atoms with van der Waals surface area (Å²) >= 11 is 11.6. The highest BCUT2D eigenvalue weighted by Crippen LogP contribution is 2.22. The van der Waals surface area contributed by atoms with Gasteiger partial charge in [-0.3, -0.25) is 10.3 Å². The average Bonchev–Trinajstić information content (AvgIpc) is 2.08. The van der Waals surface area contributed by atoms with Gasteiger partial charge in [0.2, 0.25) is 0 Å². The molecule has 1 aromatic carbocycles. The van der Waals surface area contributed by atoms with Crippen molar-refractivity contribution in [3.8, 4) is 0 Å². The topological polar surface area (TPSA) is 29.0 Å². The molecule has 0 heterocycles. The first-order valence-corrected chi connectivity index (χ1v) is 4.53. The number of halogens is 3. The highest BCUT2D eigenvalue weighted by atomic mass is 79.9. The maximum absolute atomic E-state index is 5.84. The molecule has 0 saturated carbocycles. The van der Waals surface area contributed by atoms with Crippen molar-refractivity contribution in [2.75, 3.05) is 14.1 Å². The van der Waals surface area contributed by atoms with Crippen molar-refractivity contribution in [1.29, 1.82) is 0 Å². The molecule has 0 bridgehead atoms. The van der Waals surface area contributed by atoms with Crippen LogP contribution in [0.3, 0.4) is 0 Å². The third-order valence-corrected chi connectivity index (χ3v) is 2.44. The second-order valence-electron chi connectivity index (χ2n) is 2.91. The summed E-state index contributed by atoms with van der Waals surface area (Å²) in [4.78, 5) is 0. The molecule has 0 spiro atoms. The molecule has 1 rings (SSSR count). The lowest BCUT2D eigenvalue weighted by Crippen LogP contribution is -3.00. The molecule has 0 amide bonds. The number of rotatable bonds is 1. The van der Waals surface area contributed by atoms with Crippen LogP contribution in [0.1, 0.15) is 5.56 Å². The summed E-state index contributed by atoms with van der Waals surface area (Å²) in [7, 11) is 3.75. The Hall–Kier alpha value is -0.250. The average molecular weight is 298 g/mol. The standard InChI is InChI=1S/C9H10Cl2N2.BrH/c1-13(2)9(12)6-3-4-7(10)8(11)5-6;/h3-5,12H,1-2H3;1H. The van der Waals surface area contributed by atoms with Crippen LogP contribution >= 0.6 is 23.2 Å². The molecule has 0 fully saturated rings. The molecule has 2 nitrogen and oxygen atoms in total. The maximum Gasteiger partial charge on any atom is 0.274 e. The van der Waals surface area contributed by atoms with Gasteiger partial charge in [0.25, 0.3) is 5.84 Å². The van der Waals surface area contributed by atoms with Gasteiger partial charge in [-0.05, 0) is 18.2 Å². The minimum atomic E-state index is 0. The SMILES string of the molecule is C[N+](C)=C(N)c1ccc(Cl)c(Cl)c1.[Br-]. The summed E-state index contributed by atoms with van der Waals surface area (Å²) in [6.45, 7) is 0. The number of nitrogens with zero attached hydrogens (tertiary/aromatic N) is 1. The molecule has 78 valence electrons. The lowest BCUT2D eigenvalue weighted by Gasteiger charge is -2.00. The maximum atomic E-state index is 5.84. The van der Waals surface area contributed by atoms with Crippen LogP contribution in [0, 0.1) is 0 Å². The predicted molar refractivity (Wildman–Crippen MR) is 56.9 cm³/mol. The monoisotopic (exact) mass is 296 g/mol. The van der Waals surface area contributed by atoms with Crippen LogP contribution in [-0.2, 0) is 0 Å². The molecule has 5 heteroatoms. The van der Waals surface area contributed by atoms with E-state index < -0.39 is 0 Å². The molecule has 0 aliphatic heterocycles. The van der Waals surface area contributed by atoms with Crippen LogP contribution in [0.15, 0.2) is 18.2 Å². The summed E-state index contributed by atoms with van der Waals surface area (Å²) < 4.78 is 1.82. The van der Waals surface area contributed by atoms with Crippen molar-refractivity contribution in [2.45, 2.75) is 0 Å². The molecule has 1 aromatic rings. The van der Waals surface area contributed by atoms with Gasteiger partial charge in [-0.2, -0.15) is 0 Å². The lowest BCUT2D eigenvalue weighted by atomic mass is 10.2. The van der Waals surface area contributed by atoms with Gasteiger partial charge >= 0.3 is 0 Å². The van der Waals surface area contributed by atoms with Crippen LogP contribution < -0.4 is 22.7 Å². The third-order valence-electron chi connectivity index (χ3n) is 1.70. The first kappa shape index (κ1) is 13.8. The summed E-state index contributed by atoms with van der Waals surface area (Å²) in [5.74, 6) is 0.665. The third kappa shape index (κ3) is 3.15. The predicted octanol–water partition coefficient (Wildman–Crippen LogP) is -1.03. The van der Waals surface area contributed by atoms with Crippen LogP contribution in [-0.4, -0.2) is 24.5 Å². The van der Waals surface area contributed by atoms with Crippen molar-refractivity contribution in [2.24, 2.45) is 5.73 Å². The molecule has 0 saturated heterocycles. The molecule has 0 radical (unpaired) electrons. The van der Waals surface area contributed by atoms with E-state index in [0.29, 0.717) is 15.9 Å². The normalized spacial score (nSPS) is 9.14. The van der Waals surface area contributed by atoms with E-state index in [1.54, 1.807) is 12.1 Å². The van der Waals surface area contributed by atoms with Crippen molar-refractivity contribution >= 4 is 29.0 Å². The quantitative estimate of drug-likeness (QED) is 0.401. The highest BCUT2D eigenvalue weighted by molar-refractivity contribution is 6.42. The van der Waals surface area contributed by atoms with Gasteiger partial charge in [-0.1, -0.05) is 23.2 Å². The number of hydrogen-bond donors (Lipinski definition) is 1. The molecule has 0 aliphatic carbocycles. The summed E-state index contributed by atoms with van der Waals surface area (Å²) in [5.41, 5.74) is 6.67. The molecule has 0 aliphatic rings. The van der Waals surface area contributed by atoms with Crippen molar-refractivity contribution in [1.82, 2.24) is 0 Å². The summed E-state index contributed by atoms with van der Waals surface area (Å²) in [6, 6.07) is 5.32. The van der Waals surface area contributed by atoms with E-state index in [1.165, 1.54) is 0 Å². The van der Waals surface area contributed by atoms with E-state index in [4.69, 9.17) is 28.9 Å². The van der Waals surface area contributed by atoms with Crippen molar-refractivity contribution in [3.63, 3.8) is 0 Å². The Labute approximate surface area is 104 Å². The van der Waals surface area contributed by atoms with Crippen LogP contribution in [0.25, 0.3) is 0 Å². The Morgan fingerprint density at radius 3 is 2.21 bits per heavy atom. The Bertz CT molecular complexity index is 360. The van der Waals surface area contributed by atoms with E-state index in [0.717, 1.165) is 5.56 Å². The highest BCUT2D eigenvalue weighted by Gasteiger charge is 2.07. The van der Waals surface area contributed by atoms with Gasteiger partial charge in [0.15, 0.2) is 0 Å². The zero-order valence-corrected chi connectivity index (χ0v) is 11.0. The van der Waals surface area contributed by atoms with Gasteiger partial charge in [-0.15, -0.1) is 0 Å². The van der Waals surface area contributed by atoms with Crippen molar-refractivity contribution < 1.29 is 21.6 Å². The molecule has 14 heavy (non-hydrogen) atoms. The number of nitrogens with two attached hydrogens (primary N) is 1. The van der Waals surface area contributed by atoms with Crippen molar-refractivity contribution in [3.05, 3.63) is 33.8 Å². The second-order valence-corrected chi connectivity index (χ2v) is 3.72. The lowest BCUT2D eigenvalue weighted by molar-refractivity contribution is -0.464. The zero-order chi connectivity index (χ0) is 10.0. The summed E-state index contributed by atoms with van der Waals surface area (Å²) in [5, 5.41) is 1.06. The second kappa shape index (κ2) is 5.59. The molecule has 0 aromatic heterocycles. The Morgan fingerprint density at radius 1 is 1.21 bits per heavy atom. The first-order chi connectivity index (χ1) is 6.02.